The Hall–Kier alpha value is -1.59. The van der Waals surface area contributed by atoms with Gasteiger partial charge in [-0.05, 0) is 18.2 Å². The lowest BCUT2D eigenvalue weighted by molar-refractivity contribution is 0.632. The van der Waals surface area contributed by atoms with Crippen LogP contribution in [-0.4, -0.2) is 17.0 Å². The van der Waals surface area contributed by atoms with Crippen LogP contribution in [0.4, 0.5) is 21.8 Å². The zero-order chi connectivity index (χ0) is 13.1. The average molecular weight is 287 g/mol. The number of anilines is 3. The molecule has 0 amide bonds. The van der Waals surface area contributed by atoms with Crippen molar-refractivity contribution in [1.29, 1.82) is 0 Å². The lowest BCUT2D eigenvalue weighted by Crippen LogP contribution is -2.02. The fourth-order valence-electron chi connectivity index (χ4n) is 1.30. The van der Waals surface area contributed by atoms with E-state index < -0.39 is 5.82 Å². The Balaban J connectivity index is 2.36. The summed E-state index contributed by atoms with van der Waals surface area (Å²) >= 11 is 11.7. The zero-order valence-electron chi connectivity index (χ0n) is 9.34. The summed E-state index contributed by atoms with van der Waals surface area (Å²) in [7, 11) is 1.67. The molecule has 0 aliphatic heterocycles. The van der Waals surface area contributed by atoms with E-state index in [1.165, 1.54) is 24.4 Å². The Kier molecular flexibility index (Phi) is 3.84. The van der Waals surface area contributed by atoms with Crippen LogP contribution in [0, 0.1) is 5.82 Å². The highest BCUT2D eigenvalue weighted by molar-refractivity contribution is 6.33. The number of nitrogens with zero attached hydrogens (tertiary/aromatic N) is 2. The molecule has 0 bridgehead atoms. The third-order valence-electron chi connectivity index (χ3n) is 2.15. The Morgan fingerprint density at radius 2 is 2.06 bits per heavy atom. The summed E-state index contributed by atoms with van der Waals surface area (Å²) in [6.45, 7) is 0. The van der Waals surface area contributed by atoms with E-state index in [4.69, 9.17) is 23.2 Å². The van der Waals surface area contributed by atoms with Gasteiger partial charge >= 0.3 is 0 Å². The molecule has 0 atom stereocenters. The van der Waals surface area contributed by atoms with Crippen LogP contribution in [0.25, 0.3) is 0 Å². The van der Waals surface area contributed by atoms with Crippen molar-refractivity contribution in [1.82, 2.24) is 9.97 Å². The van der Waals surface area contributed by atoms with Gasteiger partial charge in [0.05, 0.1) is 11.9 Å². The molecular formula is C11H9Cl2FN4. The first-order chi connectivity index (χ1) is 8.60. The third kappa shape index (κ3) is 2.80. The maximum Gasteiger partial charge on any atom is 0.224 e. The molecule has 0 fully saturated rings. The summed E-state index contributed by atoms with van der Waals surface area (Å²) in [6, 6.07) is 4.18. The molecule has 0 unspecified atom stereocenters. The summed E-state index contributed by atoms with van der Waals surface area (Å²) in [5.74, 6) is 0.238. The van der Waals surface area contributed by atoms with E-state index in [1.54, 1.807) is 7.05 Å². The standard InChI is InChI=1S/C11H9Cl2FN4/c1-15-11-16-5-7(13)10(18-11)17-9-4-6(12)2-3-8(9)14/h2-5H,1H3,(H2,15,16,17,18). The van der Waals surface area contributed by atoms with E-state index in [9.17, 15) is 4.39 Å². The van der Waals surface area contributed by atoms with Gasteiger partial charge in [-0.15, -0.1) is 0 Å². The van der Waals surface area contributed by atoms with E-state index in [0.717, 1.165) is 0 Å². The normalized spacial score (nSPS) is 10.2. The maximum atomic E-state index is 13.5. The molecule has 2 aromatic rings. The van der Waals surface area contributed by atoms with Crippen molar-refractivity contribution in [3.8, 4) is 0 Å². The second kappa shape index (κ2) is 5.37. The van der Waals surface area contributed by atoms with Gasteiger partial charge in [0.1, 0.15) is 10.8 Å². The van der Waals surface area contributed by atoms with Gasteiger partial charge in [0.25, 0.3) is 0 Å². The minimum atomic E-state index is -0.444. The first-order valence-corrected chi connectivity index (χ1v) is 5.78. The van der Waals surface area contributed by atoms with Crippen molar-refractivity contribution in [2.45, 2.75) is 0 Å². The molecule has 1 heterocycles. The predicted octanol–water partition coefficient (Wildman–Crippen LogP) is 3.71. The van der Waals surface area contributed by atoms with Crippen LogP contribution in [0.5, 0.6) is 0 Å². The number of hydrogen-bond acceptors (Lipinski definition) is 4. The zero-order valence-corrected chi connectivity index (χ0v) is 10.8. The summed E-state index contributed by atoms with van der Waals surface area (Å²) in [5.41, 5.74) is 0.199. The number of aromatic nitrogens is 2. The Morgan fingerprint density at radius 3 is 2.78 bits per heavy atom. The number of benzene rings is 1. The van der Waals surface area contributed by atoms with Gasteiger partial charge in [-0.25, -0.2) is 9.37 Å². The fourth-order valence-corrected chi connectivity index (χ4v) is 1.61. The van der Waals surface area contributed by atoms with Gasteiger partial charge in [0.2, 0.25) is 5.95 Å². The van der Waals surface area contributed by atoms with Gasteiger partial charge < -0.3 is 10.6 Å². The number of hydrogen-bond donors (Lipinski definition) is 2. The monoisotopic (exact) mass is 286 g/mol. The molecule has 0 aliphatic carbocycles. The summed E-state index contributed by atoms with van der Waals surface area (Å²) in [5, 5.41) is 6.24. The molecule has 2 rings (SSSR count). The molecule has 1 aromatic carbocycles. The largest absolute Gasteiger partial charge is 0.357 e. The SMILES string of the molecule is CNc1ncc(Cl)c(Nc2cc(Cl)ccc2F)n1. The number of nitrogens with one attached hydrogen (secondary N) is 2. The molecule has 4 nitrogen and oxygen atoms in total. The molecule has 0 radical (unpaired) electrons. The van der Waals surface area contributed by atoms with Crippen molar-refractivity contribution in [3.05, 3.63) is 40.3 Å². The molecule has 18 heavy (non-hydrogen) atoms. The fraction of sp³-hybridized carbons (Fsp3) is 0.0909. The van der Waals surface area contributed by atoms with Crippen molar-refractivity contribution < 1.29 is 4.39 Å². The van der Waals surface area contributed by atoms with Crippen LogP contribution in [0.3, 0.4) is 0 Å². The van der Waals surface area contributed by atoms with Gasteiger partial charge in [-0.2, -0.15) is 4.98 Å². The lowest BCUT2D eigenvalue weighted by Gasteiger charge is -2.09. The van der Waals surface area contributed by atoms with Crippen molar-refractivity contribution in [2.24, 2.45) is 0 Å². The topological polar surface area (TPSA) is 49.8 Å². The highest BCUT2D eigenvalue weighted by Gasteiger charge is 2.08. The molecule has 1 aromatic heterocycles. The maximum absolute atomic E-state index is 13.5. The van der Waals surface area contributed by atoms with E-state index in [0.29, 0.717) is 16.8 Å². The van der Waals surface area contributed by atoms with Crippen LogP contribution in [0.2, 0.25) is 10.0 Å². The number of halogens is 3. The first kappa shape index (κ1) is 12.9. The number of rotatable bonds is 3. The molecule has 94 valence electrons. The van der Waals surface area contributed by atoms with Crippen LogP contribution in [0.1, 0.15) is 0 Å². The van der Waals surface area contributed by atoms with E-state index in [1.807, 2.05) is 0 Å². The predicted molar refractivity (Wildman–Crippen MR) is 71.3 cm³/mol. The van der Waals surface area contributed by atoms with Gasteiger partial charge in [-0.1, -0.05) is 23.2 Å². The Bertz CT molecular complexity index is 577. The van der Waals surface area contributed by atoms with Crippen molar-refractivity contribution in [2.75, 3.05) is 17.7 Å². The highest BCUT2D eigenvalue weighted by atomic mass is 35.5. The molecular weight excluding hydrogens is 278 g/mol. The second-order valence-electron chi connectivity index (χ2n) is 3.39. The average Bonchev–Trinajstić information content (AvgIpc) is 2.36. The quantitative estimate of drug-likeness (QED) is 0.903. The molecule has 0 saturated heterocycles. The summed E-state index contributed by atoms with van der Waals surface area (Å²) in [6.07, 6.45) is 1.42. The highest BCUT2D eigenvalue weighted by Crippen LogP contribution is 2.27. The first-order valence-electron chi connectivity index (χ1n) is 5.02. The third-order valence-corrected chi connectivity index (χ3v) is 2.66. The molecule has 2 N–H and O–H groups in total. The van der Waals surface area contributed by atoms with Gasteiger partial charge in [0.15, 0.2) is 5.82 Å². The minimum absolute atomic E-state index is 0.199. The van der Waals surface area contributed by atoms with Crippen LogP contribution < -0.4 is 10.6 Å². The van der Waals surface area contributed by atoms with E-state index in [2.05, 4.69) is 20.6 Å². The minimum Gasteiger partial charge on any atom is -0.357 e. The molecule has 0 saturated carbocycles. The summed E-state index contributed by atoms with van der Waals surface area (Å²) < 4.78 is 13.5. The Morgan fingerprint density at radius 1 is 1.28 bits per heavy atom. The Labute approximate surface area is 113 Å². The van der Waals surface area contributed by atoms with Crippen LogP contribution in [0.15, 0.2) is 24.4 Å². The van der Waals surface area contributed by atoms with Crippen LogP contribution in [-0.2, 0) is 0 Å². The van der Waals surface area contributed by atoms with Gasteiger partial charge in [-0.3, -0.25) is 0 Å². The smallest absolute Gasteiger partial charge is 0.224 e. The molecule has 0 aliphatic rings. The second-order valence-corrected chi connectivity index (χ2v) is 4.23. The van der Waals surface area contributed by atoms with E-state index >= 15 is 0 Å². The van der Waals surface area contributed by atoms with Gasteiger partial charge in [0, 0.05) is 12.1 Å². The van der Waals surface area contributed by atoms with Crippen molar-refractivity contribution >= 4 is 40.7 Å². The molecule has 0 spiro atoms. The lowest BCUT2D eigenvalue weighted by atomic mass is 10.3. The van der Waals surface area contributed by atoms with Crippen LogP contribution >= 0.6 is 23.2 Å². The van der Waals surface area contributed by atoms with E-state index in [-0.39, 0.29) is 10.7 Å². The van der Waals surface area contributed by atoms with Crippen molar-refractivity contribution in [3.63, 3.8) is 0 Å². The molecule has 7 heteroatoms. The summed E-state index contributed by atoms with van der Waals surface area (Å²) in [4.78, 5) is 8.01.